The van der Waals surface area contributed by atoms with E-state index >= 15 is 0 Å². The van der Waals surface area contributed by atoms with Crippen molar-refractivity contribution in [1.82, 2.24) is 10.2 Å². The summed E-state index contributed by atoms with van der Waals surface area (Å²) < 4.78 is 16.2. The minimum Gasteiger partial charge on any atom is -0.482 e. The van der Waals surface area contributed by atoms with E-state index in [-0.39, 0.29) is 12.5 Å². The van der Waals surface area contributed by atoms with Crippen molar-refractivity contribution in [1.29, 1.82) is 0 Å². The van der Waals surface area contributed by atoms with Crippen LogP contribution >= 0.6 is 11.6 Å². The molecule has 1 aromatic heterocycles. The lowest BCUT2D eigenvalue weighted by Gasteiger charge is -2.10. The summed E-state index contributed by atoms with van der Waals surface area (Å²) in [5, 5.41) is 8.53. The van der Waals surface area contributed by atoms with Crippen LogP contribution in [-0.2, 0) is 9.53 Å². The predicted octanol–water partition coefficient (Wildman–Crippen LogP) is 4.38. The molecule has 3 aromatic rings. The molecule has 0 aliphatic rings. The highest BCUT2D eigenvalue weighted by Gasteiger charge is 2.19. The van der Waals surface area contributed by atoms with Crippen LogP contribution < -0.4 is 4.74 Å². The molecule has 0 aliphatic heterocycles. The number of nitrogens with zero attached hydrogens (tertiary/aromatic N) is 2. The summed E-state index contributed by atoms with van der Waals surface area (Å²) in [6.45, 7) is 3.42. The van der Waals surface area contributed by atoms with Gasteiger partial charge in [0.25, 0.3) is 5.89 Å². The van der Waals surface area contributed by atoms with Crippen LogP contribution in [0.3, 0.4) is 0 Å². The van der Waals surface area contributed by atoms with E-state index in [1.807, 2.05) is 31.2 Å². The van der Waals surface area contributed by atoms with Gasteiger partial charge in [0.15, 0.2) is 12.7 Å². The maximum absolute atomic E-state index is 11.9. The molecule has 1 atom stereocenters. The molecule has 134 valence electrons. The average Bonchev–Trinajstić information content (AvgIpc) is 3.12. The Balaban J connectivity index is 1.55. The van der Waals surface area contributed by atoms with Crippen molar-refractivity contribution in [2.24, 2.45) is 0 Å². The van der Waals surface area contributed by atoms with E-state index in [1.165, 1.54) is 0 Å². The van der Waals surface area contributed by atoms with Crippen LogP contribution in [0.2, 0.25) is 5.02 Å². The van der Waals surface area contributed by atoms with Gasteiger partial charge in [0.05, 0.1) is 0 Å². The molecule has 0 saturated heterocycles. The summed E-state index contributed by atoms with van der Waals surface area (Å²) in [4.78, 5) is 11.9. The monoisotopic (exact) mass is 372 g/mol. The molecule has 3 rings (SSSR count). The van der Waals surface area contributed by atoms with Gasteiger partial charge in [-0.25, -0.2) is 4.79 Å². The molecule has 0 radical (unpaired) electrons. The number of esters is 1. The Morgan fingerprint density at radius 1 is 1.12 bits per heavy atom. The van der Waals surface area contributed by atoms with Crippen LogP contribution in [0.1, 0.15) is 24.5 Å². The highest BCUT2D eigenvalue weighted by Crippen LogP contribution is 2.23. The van der Waals surface area contributed by atoms with Crippen LogP contribution in [0.25, 0.3) is 11.5 Å². The standard InChI is InChI=1S/C19H17ClN2O4/c1-12-3-5-14(6-4-12)19-22-21-18(26-19)13(2)25-17(23)11-24-16-9-7-15(20)8-10-16/h3-10,13H,11H2,1-2H3/t13-/m1/s1. The molecule has 0 saturated carbocycles. The quantitative estimate of drug-likeness (QED) is 0.598. The predicted molar refractivity (Wildman–Crippen MR) is 95.9 cm³/mol. The van der Waals surface area contributed by atoms with E-state index in [0.717, 1.165) is 11.1 Å². The lowest BCUT2D eigenvalue weighted by Crippen LogP contribution is -2.17. The fourth-order valence-electron chi connectivity index (χ4n) is 2.17. The molecule has 1 heterocycles. The largest absolute Gasteiger partial charge is 0.482 e. The first kappa shape index (κ1) is 17.9. The zero-order valence-corrected chi connectivity index (χ0v) is 15.1. The average molecular weight is 373 g/mol. The van der Waals surface area contributed by atoms with Gasteiger partial charge in [-0.3, -0.25) is 0 Å². The van der Waals surface area contributed by atoms with Gasteiger partial charge in [-0.2, -0.15) is 0 Å². The van der Waals surface area contributed by atoms with E-state index < -0.39 is 12.1 Å². The number of hydrogen-bond donors (Lipinski definition) is 0. The SMILES string of the molecule is Cc1ccc(-c2nnc([C@@H](C)OC(=O)COc3ccc(Cl)cc3)o2)cc1. The topological polar surface area (TPSA) is 74.5 Å². The Morgan fingerprint density at radius 2 is 1.81 bits per heavy atom. The lowest BCUT2D eigenvalue weighted by atomic mass is 10.1. The Bertz CT molecular complexity index is 875. The van der Waals surface area contributed by atoms with Gasteiger partial charge in [-0.1, -0.05) is 29.3 Å². The maximum atomic E-state index is 11.9. The number of ether oxygens (including phenoxy) is 2. The third kappa shape index (κ3) is 4.61. The van der Waals surface area contributed by atoms with Gasteiger partial charge in [-0.05, 0) is 50.2 Å². The summed E-state index contributed by atoms with van der Waals surface area (Å²) in [6, 6.07) is 14.4. The highest BCUT2D eigenvalue weighted by molar-refractivity contribution is 6.30. The molecular formula is C19H17ClN2O4. The molecule has 0 spiro atoms. The molecule has 26 heavy (non-hydrogen) atoms. The first-order chi connectivity index (χ1) is 12.5. The van der Waals surface area contributed by atoms with Crippen LogP contribution in [0.4, 0.5) is 0 Å². The lowest BCUT2D eigenvalue weighted by molar-refractivity contribution is -0.152. The number of aromatic nitrogens is 2. The van der Waals surface area contributed by atoms with Gasteiger partial charge in [-0.15, -0.1) is 10.2 Å². The molecule has 2 aromatic carbocycles. The molecule has 0 fully saturated rings. The third-order valence-corrected chi connectivity index (χ3v) is 3.82. The van der Waals surface area contributed by atoms with Crippen molar-refractivity contribution < 1.29 is 18.7 Å². The Labute approximate surface area is 155 Å². The maximum Gasteiger partial charge on any atom is 0.344 e. The van der Waals surface area contributed by atoms with Gasteiger partial charge < -0.3 is 13.9 Å². The van der Waals surface area contributed by atoms with E-state index in [4.69, 9.17) is 25.5 Å². The second kappa shape index (κ2) is 8.01. The minimum atomic E-state index is -0.678. The zero-order valence-electron chi connectivity index (χ0n) is 14.3. The molecule has 6 nitrogen and oxygen atoms in total. The number of carbonyl (C=O) groups is 1. The molecule has 7 heteroatoms. The molecular weight excluding hydrogens is 356 g/mol. The normalized spacial score (nSPS) is 11.8. The second-order valence-electron chi connectivity index (χ2n) is 5.69. The molecule has 0 amide bonds. The summed E-state index contributed by atoms with van der Waals surface area (Å²) >= 11 is 5.79. The first-order valence-corrected chi connectivity index (χ1v) is 8.37. The van der Waals surface area contributed by atoms with E-state index in [9.17, 15) is 4.79 Å². The molecule has 0 unspecified atom stereocenters. The van der Waals surface area contributed by atoms with Gasteiger partial charge >= 0.3 is 5.97 Å². The highest BCUT2D eigenvalue weighted by atomic mass is 35.5. The zero-order chi connectivity index (χ0) is 18.5. The van der Waals surface area contributed by atoms with Crippen molar-refractivity contribution in [2.45, 2.75) is 20.0 Å². The van der Waals surface area contributed by atoms with Gasteiger partial charge in [0.1, 0.15) is 5.75 Å². The Kier molecular flexibility index (Phi) is 5.53. The fourth-order valence-corrected chi connectivity index (χ4v) is 2.29. The summed E-state index contributed by atoms with van der Waals surface area (Å²) in [7, 11) is 0. The number of carbonyl (C=O) groups excluding carboxylic acids is 1. The molecule has 0 bridgehead atoms. The van der Waals surface area contributed by atoms with E-state index in [2.05, 4.69) is 10.2 Å². The van der Waals surface area contributed by atoms with Crippen molar-refractivity contribution in [3.05, 3.63) is 65.0 Å². The smallest absolute Gasteiger partial charge is 0.344 e. The number of rotatable bonds is 6. The third-order valence-electron chi connectivity index (χ3n) is 3.57. The summed E-state index contributed by atoms with van der Waals surface area (Å²) in [6.07, 6.45) is -0.678. The molecule has 0 N–H and O–H groups in total. The van der Waals surface area contributed by atoms with Crippen LogP contribution in [0.15, 0.2) is 52.9 Å². The van der Waals surface area contributed by atoms with Crippen molar-refractivity contribution in [3.63, 3.8) is 0 Å². The number of hydrogen-bond acceptors (Lipinski definition) is 6. The fraction of sp³-hybridized carbons (Fsp3) is 0.211. The van der Waals surface area contributed by atoms with E-state index in [1.54, 1.807) is 31.2 Å². The Hall–Kier alpha value is -2.86. The van der Waals surface area contributed by atoms with Crippen molar-refractivity contribution >= 4 is 17.6 Å². The van der Waals surface area contributed by atoms with Crippen LogP contribution in [0, 0.1) is 6.92 Å². The second-order valence-corrected chi connectivity index (χ2v) is 6.12. The first-order valence-electron chi connectivity index (χ1n) is 7.99. The number of halogens is 1. The van der Waals surface area contributed by atoms with Crippen LogP contribution in [-0.4, -0.2) is 22.8 Å². The summed E-state index contributed by atoms with van der Waals surface area (Å²) in [5.74, 6) is 0.585. The van der Waals surface area contributed by atoms with Crippen LogP contribution in [0.5, 0.6) is 5.75 Å². The number of aryl methyl sites for hydroxylation is 1. The minimum absolute atomic E-state index is 0.223. The Morgan fingerprint density at radius 3 is 2.50 bits per heavy atom. The van der Waals surface area contributed by atoms with E-state index in [0.29, 0.717) is 16.7 Å². The molecule has 0 aliphatic carbocycles. The van der Waals surface area contributed by atoms with Gasteiger partial charge in [0, 0.05) is 10.6 Å². The number of benzene rings is 2. The summed E-state index contributed by atoms with van der Waals surface area (Å²) in [5.41, 5.74) is 1.94. The van der Waals surface area contributed by atoms with Gasteiger partial charge in [0.2, 0.25) is 5.89 Å². The van der Waals surface area contributed by atoms with Crippen molar-refractivity contribution in [3.8, 4) is 17.2 Å². The van der Waals surface area contributed by atoms with Crippen molar-refractivity contribution in [2.75, 3.05) is 6.61 Å².